The molecule has 0 aliphatic carbocycles. The molecule has 0 aliphatic heterocycles. The van der Waals surface area contributed by atoms with Crippen molar-refractivity contribution >= 4 is 29.3 Å². The number of hydrogen-bond acceptors (Lipinski definition) is 3. The van der Waals surface area contributed by atoms with E-state index in [0.29, 0.717) is 11.3 Å². The van der Waals surface area contributed by atoms with Gasteiger partial charge < -0.3 is 4.74 Å². The summed E-state index contributed by atoms with van der Waals surface area (Å²) in [4.78, 5) is 14.9. The molecule has 0 fully saturated rings. The number of rotatable bonds is 4. The Morgan fingerprint density at radius 2 is 2.05 bits per heavy atom. The van der Waals surface area contributed by atoms with Crippen LogP contribution in [0.2, 0.25) is 5.02 Å². The third-order valence-corrected chi connectivity index (χ3v) is 3.17. The van der Waals surface area contributed by atoms with Crippen molar-refractivity contribution in [3.05, 3.63) is 47.4 Å². The van der Waals surface area contributed by atoms with Crippen LogP contribution in [0.5, 0.6) is 5.75 Å². The van der Waals surface area contributed by atoms with Gasteiger partial charge in [0.25, 0.3) is 0 Å². The molecule has 1 heterocycles. The summed E-state index contributed by atoms with van der Waals surface area (Å²) >= 11 is 9.34. The van der Waals surface area contributed by atoms with Gasteiger partial charge in [-0.15, -0.1) is 12.6 Å². The molecule has 0 spiro atoms. The highest BCUT2D eigenvalue weighted by atomic mass is 35.5. The molecule has 0 saturated heterocycles. The van der Waals surface area contributed by atoms with Crippen LogP contribution in [0.4, 0.5) is 4.39 Å². The van der Waals surface area contributed by atoms with E-state index < -0.39 is 11.9 Å². The minimum Gasteiger partial charge on any atom is -0.482 e. The standard InChI is InChI=1S/C14H11ClFNO2S/c1-8(14(18)20)19-11-4-2-9(3-5-11)13-12(16)6-10(15)7-17-13/h2-8H,1H3,(H,18,20). The zero-order valence-electron chi connectivity index (χ0n) is 10.5. The SMILES string of the molecule is CC(Oc1ccc(-c2ncc(Cl)cc2F)cc1)C(=O)S. The Hall–Kier alpha value is -1.59. The Balaban J connectivity index is 2.21. The van der Waals surface area contributed by atoms with Gasteiger partial charge in [0.1, 0.15) is 11.4 Å². The summed E-state index contributed by atoms with van der Waals surface area (Å²) in [6.45, 7) is 1.60. The molecule has 1 atom stereocenters. The molecule has 20 heavy (non-hydrogen) atoms. The zero-order valence-corrected chi connectivity index (χ0v) is 12.2. The Morgan fingerprint density at radius 1 is 1.40 bits per heavy atom. The number of hydrogen-bond donors (Lipinski definition) is 1. The summed E-state index contributed by atoms with van der Waals surface area (Å²) < 4.78 is 19.1. The van der Waals surface area contributed by atoms with Gasteiger partial charge in [0.05, 0.1) is 5.02 Å². The monoisotopic (exact) mass is 311 g/mol. The Labute approximate surface area is 126 Å². The third kappa shape index (κ3) is 3.49. The first-order valence-electron chi connectivity index (χ1n) is 5.78. The van der Waals surface area contributed by atoms with Crippen LogP contribution in [0.3, 0.4) is 0 Å². The smallest absolute Gasteiger partial charge is 0.226 e. The lowest BCUT2D eigenvalue weighted by Crippen LogP contribution is -2.18. The molecule has 0 N–H and O–H groups in total. The lowest BCUT2D eigenvalue weighted by atomic mass is 10.1. The second-order valence-corrected chi connectivity index (χ2v) is 4.98. The highest BCUT2D eigenvalue weighted by molar-refractivity contribution is 7.96. The molecule has 0 aliphatic rings. The lowest BCUT2D eigenvalue weighted by Gasteiger charge is -2.11. The van der Waals surface area contributed by atoms with Crippen molar-refractivity contribution in [2.24, 2.45) is 0 Å². The summed E-state index contributed by atoms with van der Waals surface area (Å²) in [6.07, 6.45) is 0.737. The molecular weight excluding hydrogens is 301 g/mol. The van der Waals surface area contributed by atoms with E-state index in [1.54, 1.807) is 31.2 Å². The molecule has 2 aromatic rings. The molecule has 0 radical (unpaired) electrons. The maximum absolute atomic E-state index is 13.7. The van der Waals surface area contributed by atoms with E-state index in [-0.39, 0.29) is 15.8 Å². The number of pyridine rings is 1. The van der Waals surface area contributed by atoms with Crippen LogP contribution in [-0.2, 0) is 4.79 Å². The molecule has 0 saturated carbocycles. The van der Waals surface area contributed by atoms with Crippen LogP contribution in [0.15, 0.2) is 36.5 Å². The molecule has 0 bridgehead atoms. The van der Waals surface area contributed by atoms with Crippen molar-refractivity contribution in [1.82, 2.24) is 4.98 Å². The summed E-state index contributed by atoms with van der Waals surface area (Å²) in [5.41, 5.74) is 0.802. The summed E-state index contributed by atoms with van der Waals surface area (Å²) in [5, 5.41) is -0.119. The first-order valence-corrected chi connectivity index (χ1v) is 6.61. The van der Waals surface area contributed by atoms with Gasteiger partial charge in [0, 0.05) is 11.8 Å². The first kappa shape index (κ1) is 14.8. The average molecular weight is 312 g/mol. The molecule has 6 heteroatoms. The summed E-state index contributed by atoms with van der Waals surface area (Å²) in [5.74, 6) is 0.00286. The second-order valence-electron chi connectivity index (χ2n) is 4.11. The van der Waals surface area contributed by atoms with Crippen molar-refractivity contribution in [2.75, 3.05) is 0 Å². The number of carbonyl (C=O) groups excluding carboxylic acids is 1. The number of aromatic nitrogens is 1. The largest absolute Gasteiger partial charge is 0.482 e. The fraction of sp³-hybridized carbons (Fsp3) is 0.143. The van der Waals surface area contributed by atoms with E-state index in [1.165, 1.54) is 12.3 Å². The van der Waals surface area contributed by atoms with E-state index in [1.807, 2.05) is 0 Å². The number of carbonyl (C=O) groups is 1. The number of benzene rings is 1. The molecule has 0 amide bonds. The highest BCUT2D eigenvalue weighted by Crippen LogP contribution is 2.25. The van der Waals surface area contributed by atoms with Gasteiger partial charge in [-0.3, -0.25) is 9.78 Å². The van der Waals surface area contributed by atoms with Crippen molar-refractivity contribution in [2.45, 2.75) is 13.0 Å². The summed E-state index contributed by atoms with van der Waals surface area (Å²) in [7, 11) is 0. The van der Waals surface area contributed by atoms with Gasteiger partial charge in [-0.1, -0.05) is 11.6 Å². The maximum atomic E-state index is 13.7. The van der Waals surface area contributed by atoms with Gasteiger partial charge in [-0.05, 0) is 37.3 Å². The molecule has 1 aromatic carbocycles. The van der Waals surface area contributed by atoms with E-state index >= 15 is 0 Å². The topological polar surface area (TPSA) is 39.2 Å². The van der Waals surface area contributed by atoms with Crippen LogP contribution in [0.25, 0.3) is 11.3 Å². The highest BCUT2D eigenvalue weighted by Gasteiger charge is 2.11. The predicted molar refractivity (Wildman–Crippen MR) is 78.7 cm³/mol. The van der Waals surface area contributed by atoms with Gasteiger partial charge in [-0.2, -0.15) is 0 Å². The van der Waals surface area contributed by atoms with Crippen LogP contribution in [0, 0.1) is 5.82 Å². The molecule has 1 aromatic heterocycles. The normalized spacial score (nSPS) is 12.0. The minimum absolute atomic E-state index is 0.208. The zero-order chi connectivity index (χ0) is 14.7. The summed E-state index contributed by atoms with van der Waals surface area (Å²) in [6, 6.07) is 7.79. The van der Waals surface area contributed by atoms with Gasteiger partial charge in [0.15, 0.2) is 11.9 Å². The Morgan fingerprint density at radius 3 is 2.60 bits per heavy atom. The van der Waals surface area contributed by atoms with Crippen molar-refractivity contribution in [1.29, 1.82) is 0 Å². The van der Waals surface area contributed by atoms with Crippen molar-refractivity contribution in [3.8, 4) is 17.0 Å². The fourth-order valence-electron chi connectivity index (χ4n) is 1.57. The Bertz CT molecular complexity index is 634. The number of halogens is 2. The van der Waals surface area contributed by atoms with Gasteiger partial charge in [0.2, 0.25) is 5.12 Å². The lowest BCUT2D eigenvalue weighted by molar-refractivity contribution is -0.116. The van der Waals surface area contributed by atoms with E-state index in [0.717, 1.165) is 0 Å². The van der Waals surface area contributed by atoms with E-state index in [2.05, 4.69) is 17.6 Å². The maximum Gasteiger partial charge on any atom is 0.226 e. The molecule has 3 nitrogen and oxygen atoms in total. The molecule has 104 valence electrons. The average Bonchev–Trinajstić information content (AvgIpc) is 2.40. The number of ether oxygens (including phenoxy) is 1. The number of nitrogens with zero attached hydrogens (tertiary/aromatic N) is 1. The fourth-order valence-corrected chi connectivity index (χ4v) is 1.77. The molecular formula is C14H11ClFNO2S. The van der Waals surface area contributed by atoms with Crippen molar-refractivity contribution < 1.29 is 13.9 Å². The van der Waals surface area contributed by atoms with Crippen LogP contribution in [0.1, 0.15) is 6.92 Å². The molecule has 2 rings (SSSR count). The predicted octanol–water partition coefficient (Wildman–Crippen LogP) is 3.76. The van der Waals surface area contributed by atoms with Crippen LogP contribution < -0.4 is 4.74 Å². The van der Waals surface area contributed by atoms with Crippen molar-refractivity contribution in [3.63, 3.8) is 0 Å². The second kappa shape index (κ2) is 6.24. The minimum atomic E-state index is -0.644. The number of thiol groups is 1. The Kier molecular flexibility index (Phi) is 4.62. The van der Waals surface area contributed by atoms with Gasteiger partial charge >= 0.3 is 0 Å². The van der Waals surface area contributed by atoms with Gasteiger partial charge in [-0.25, -0.2) is 4.39 Å². The molecule has 1 unspecified atom stereocenters. The van der Waals surface area contributed by atoms with Crippen LogP contribution >= 0.6 is 24.2 Å². The van der Waals surface area contributed by atoms with E-state index in [9.17, 15) is 9.18 Å². The van der Waals surface area contributed by atoms with E-state index in [4.69, 9.17) is 16.3 Å². The first-order chi connectivity index (χ1) is 9.47. The van der Waals surface area contributed by atoms with Crippen LogP contribution in [-0.4, -0.2) is 16.2 Å². The quantitative estimate of drug-likeness (QED) is 0.874. The third-order valence-electron chi connectivity index (χ3n) is 2.60.